The molecule has 1 saturated carbocycles. The molecule has 1 amide bonds. The highest BCUT2D eigenvalue weighted by atomic mass is 35.5. The van der Waals surface area contributed by atoms with E-state index in [4.69, 9.17) is 23.2 Å². The molecule has 7 nitrogen and oxygen atoms in total. The number of hydrogen-bond acceptors (Lipinski definition) is 5. The van der Waals surface area contributed by atoms with E-state index in [1.54, 1.807) is 0 Å². The predicted molar refractivity (Wildman–Crippen MR) is 115 cm³/mol. The van der Waals surface area contributed by atoms with E-state index < -0.39 is 18.0 Å². The molecule has 1 aromatic carbocycles. The SMILES string of the molecule is O=C(NC1CCC(C(F)(F)F)CC1)c1cc2[nH]c(Nc3c(Cl)cncc3Cl)nc2cc1O. The number of aromatic amines is 1. The summed E-state index contributed by atoms with van der Waals surface area (Å²) < 4.78 is 38.5. The molecule has 0 bridgehead atoms. The van der Waals surface area contributed by atoms with E-state index in [9.17, 15) is 23.1 Å². The zero-order chi connectivity index (χ0) is 23.0. The summed E-state index contributed by atoms with van der Waals surface area (Å²) in [6.45, 7) is 0. The van der Waals surface area contributed by atoms with Gasteiger partial charge in [0.15, 0.2) is 0 Å². The zero-order valence-corrected chi connectivity index (χ0v) is 17.9. The number of fused-ring (bicyclic) bond motifs is 1. The van der Waals surface area contributed by atoms with Crippen LogP contribution in [0.1, 0.15) is 36.0 Å². The number of alkyl halides is 3. The fourth-order valence-corrected chi connectivity index (χ4v) is 4.22. The van der Waals surface area contributed by atoms with Gasteiger partial charge in [-0.1, -0.05) is 23.2 Å². The number of pyridine rings is 1. The van der Waals surface area contributed by atoms with Crippen molar-refractivity contribution in [3.05, 3.63) is 40.1 Å². The summed E-state index contributed by atoms with van der Waals surface area (Å²) in [5.41, 5.74) is 1.22. The second kappa shape index (κ2) is 8.67. The van der Waals surface area contributed by atoms with Crippen molar-refractivity contribution >= 4 is 51.8 Å². The molecule has 32 heavy (non-hydrogen) atoms. The Morgan fingerprint density at radius 2 is 1.78 bits per heavy atom. The number of halogens is 5. The van der Waals surface area contributed by atoms with E-state index in [1.165, 1.54) is 24.5 Å². The van der Waals surface area contributed by atoms with Gasteiger partial charge in [0, 0.05) is 24.5 Å². The lowest BCUT2D eigenvalue weighted by Gasteiger charge is -2.30. The van der Waals surface area contributed by atoms with Crippen LogP contribution in [0.25, 0.3) is 11.0 Å². The number of aromatic hydroxyl groups is 1. The molecule has 3 aromatic rings. The summed E-state index contributed by atoms with van der Waals surface area (Å²) in [6, 6.07) is 2.36. The number of carbonyl (C=O) groups is 1. The van der Waals surface area contributed by atoms with Crippen LogP contribution in [-0.4, -0.2) is 38.2 Å². The molecule has 1 fully saturated rings. The maximum absolute atomic E-state index is 12.8. The third-order valence-electron chi connectivity index (χ3n) is 5.47. The number of hydrogen-bond donors (Lipinski definition) is 4. The number of amides is 1. The van der Waals surface area contributed by atoms with Gasteiger partial charge in [-0.05, 0) is 31.7 Å². The summed E-state index contributed by atoms with van der Waals surface area (Å²) in [5, 5.41) is 16.5. The van der Waals surface area contributed by atoms with Crippen LogP contribution >= 0.6 is 23.2 Å². The van der Waals surface area contributed by atoms with Crippen molar-refractivity contribution in [2.24, 2.45) is 5.92 Å². The summed E-state index contributed by atoms with van der Waals surface area (Å²) >= 11 is 12.2. The Kier molecular flexibility index (Phi) is 6.09. The summed E-state index contributed by atoms with van der Waals surface area (Å²) in [7, 11) is 0. The van der Waals surface area contributed by atoms with Crippen molar-refractivity contribution in [1.82, 2.24) is 20.3 Å². The third-order valence-corrected chi connectivity index (χ3v) is 6.04. The lowest BCUT2D eigenvalue weighted by atomic mass is 9.85. The van der Waals surface area contributed by atoms with Crippen LogP contribution in [0.4, 0.5) is 24.8 Å². The molecule has 4 rings (SSSR count). The van der Waals surface area contributed by atoms with Gasteiger partial charge in [0.05, 0.1) is 38.2 Å². The largest absolute Gasteiger partial charge is 0.507 e. The first-order chi connectivity index (χ1) is 15.1. The highest BCUT2D eigenvalue weighted by Crippen LogP contribution is 2.38. The Bertz CT molecular complexity index is 1140. The molecule has 170 valence electrons. The maximum Gasteiger partial charge on any atom is 0.391 e. The van der Waals surface area contributed by atoms with Crippen molar-refractivity contribution in [1.29, 1.82) is 0 Å². The topological polar surface area (TPSA) is 103 Å². The number of aromatic nitrogens is 3. The van der Waals surface area contributed by atoms with Gasteiger partial charge in [-0.15, -0.1) is 0 Å². The molecule has 0 spiro atoms. The van der Waals surface area contributed by atoms with Crippen LogP contribution in [0.3, 0.4) is 0 Å². The van der Waals surface area contributed by atoms with Crippen molar-refractivity contribution in [2.75, 3.05) is 5.32 Å². The highest BCUT2D eigenvalue weighted by Gasteiger charge is 2.41. The molecule has 4 N–H and O–H groups in total. The Morgan fingerprint density at radius 3 is 2.41 bits per heavy atom. The maximum atomic E-state index is 12.8. The minimum absolute atomic E-state index is 0.00868. The second-order valence-corrected chi connectivity index (χ2v) is 8.45. The molecule has 2 heterocycles. The number of phenols is 1. The van der Waals surface area contributed by atoms with E-state index >= 15 is 0 Å². The molecule has 0 atom stereocenters. The summed E-state index contributed by atoms with van der Waals surface area (Å²) in [5.74, 6) is -1.92. The molecule has 0 radical (unpaired) electrons. The Hall–Kier alpha value is -2.72. The van der Waals surface area contributed by atoms with Crippen molar-refractivity contribution in [3.8, 4) is 5.75 Å². The Labute approximate surface area is 190 Å². The third kappa shape index (κ3) is 4.71. The minimum atomic E-state index is -4.21. The van der Waals surface area contributed by atoms with Gasteiger partial charge in [-0.2, -0.15) is 13.2 Å². The number of phenolic OH excluding ortho intramolecular Hbond substituents is 1. The lowest BCUT2D eigenvalue weighted by molar-refractivity contribution is -0.182. The van der Waals surface area contributed by atoms with Crippen LogP contribution in [0.2, 0.25) is 10.0 Å². The average molecular weight is 488 g/mol. The van der Waals surface area contributed by atoms with Gasteiger partial charge in [0.25, 0.3) is 5.91 Å². The molecular weight excluding hydrogens is 470 g/mol. The zero-order valence-electron chi connectivity index (χ0n) is 16.4. The van der Waals surface area contributed by atoms with Crippen LogP contribution in [0.15, 0.2) is 24.5 Å². The minimum Gasteiger partial charge on any atom is -0.507 e. The first kappa shape index (κ1) is 22.5. The van der Waals surface area contributed by atoms with Gasteiger partial charge < -0.3 is 20.7 Å². The normalized spacial score (nSPS) is 19.2. The smallest absolute Gasteiger partial charge is 0.391 e. The second-order valence-electron chi connectivity index (χ2n) is 7.64. The van der Waals surface area contributed by atoms with E-state index in [0.717, 1.165) is 0 Å². The molecule has 1 aliphatic rings. The standard InChI is InChI=1S/C20H18Cl2F3N5O2/c21-12-7-26-8-13(22)17(12)30-19-28-14-5-11(16(31)6-15(14)29-19)18(32)27-10-3-1-9(2-4-10)20(23,24)25/h5-10,31H,1-4H2,(H,27,32)(H2,26,28,29,30). The first-order valence-corrected chi connectivity index (χ1v) is 10.5. The van der Waals surface area contributed by atoms with Crippen LogP contribution < -0.4 is 10.6 Å². The summed E-state index contributed by atoms with van der Waals surface area (Å²) in [6.07, 6.45) is -1.00. The molecule has 1 aliphatic carbocycles. The van der Waals surface area contributed by atoms with Gasteiger partial charge >= 0.3 is 6.18 Å². The molecule has 0 aliphatic heterocycles. The van der Waals surface area contributed by atoms with E-state index in [2.05, 4.69) is 25.6 Å². The van der Waals surface area contributed by atoms with Crippen LogP contribution in [-0.2, 0) is 0 Å². The van der Waals surface area contributed by atoms with E-state index in [0.29, 0.717) is 16.7 Å². The van der Waals surface area contributed by atoms with Crippen molar-refractivity contribution in [2.45, 2.75) is 37.9 Å². The molecule has 0 saturated heterocycles. The Balaban J connectivity index is 1.49. The van der Waals surface area contributed by atoms with E-state index in [-0.39, 0.29) is 59.0 Å². The number of imidazole rings is 1. The lowest BCUT2D eigenvalue weighted by Crippen LogP contribution is -2.40. The number of nitrogens with zero attached hydrogens (tertiary/aromatic N) is 2. The molecule has 2 aromatic heterocycles. The first-order valence-electron chi connectivity index (χ1n) is 9.78. The van der Waals surface area contributed by atoms with E-state index in [1.807, 2.05) is 0 Å². The number of H-pyrrole nitrogens is 1. The molecule has 12 heteroatoms. The van der Waals surface area contributed by atoms with Crippen molar-refractivity contribution < 1.29 is 23.1 Å². The molecular formula is C20H18Cl2F3N5O2. The highest BCUT2D eigenvalue weighted by molar-refractivity contribution is 6.39. The van der Waals surface area contributed by atoms with Crippen molar-refractivity contribution in [3.63, 3.8) is 0 Å². The van der Waals surface area contributed by atoms with Crippen LogP contribution in [0.5, 0.6) is 5.75 Å². The van der Waals surface area contributed by atoms with Gasteiger partial charge in [0.1, 0.15) is 5.75 Å². The average Bonchev–Trinajstić information content (AvgIpc) is 3.11. The van der Waals surface area contributed by atoms with Crippen LogP contribution in [0, 0.1) is 5.92 Å². The number of nitrogens with one attached hydrogen (secondary N) is 3. The quantitative estimate of drug-likeness (QED) is 0.385. The number of anilines is 2. The van der Waals surface area contributed by atoms with Gasteiger partial charge in [-0.25, -0.2) is 4.98 Å². The number of rotatable bonds is 4. The number of benzene rings is 1. The molecule has 0 unspecified atom stereocenters. The predicted octanol–water partition coefficient (Wildman–Crippen LogP) is 5.56. The van der Waals surface area contributed by atoms with Gasteiger partial charge in [0.2, 0.25) is 5.95 Å². The van der Waals surface area contributed by atoms with Gasteiger partial charge in [-0.3, -0.25) is 9.78 Å². The number of carbonyl (C=O) groups excluding carboxylic acids is 1. The summed E-state index contributed by atoms with van der Waals surface area (Å²) in [4.78, 5) is 23.8. The fraction of sp³-hybridized carbons (Fsp3) is 0.350. The Morgan fingerprint density at radius 1 is 1.12 bits per heavy atom. The monoisotopic (exact) mass is 487 g/mol. The fourth-order valence-electron chi connectivity index (χ4n) is 3.76.